The molecule has 6 nitrogen and oxygen atoms in total. The van der Waals surface area contributed by atoms with Crippen LogP contribution in [0.4, 0.5) is 5.69 Å². The summed E-state index contributed by atoms with van der Waals surface area (Å²) in [7, 11) is -2.11. The number of hydrogen-bond acceptors (Lipinski definition) is 4. The summed E-state index contributed by atoms with van der Waals surface area (Å²) < 4.78 is 27.2. The monoisotopic (exact) mass is 259 g/mol. The van der Waals surface area contributed by atoms with E-state index in [0.717, 1.165) is 10.00 Å². The maximum absolute atomic E-state index is 11.8. The van der Waals surface area contributed by atoms with Crippen LogP contribution in [0.15, 0.2) is 18.3 Å². The van der Waals surface area contributed by atoms with E-state index in [-0.39, 0.29) is 13.2 Å². The summed E-state index contributed by atoms with van der Waals surface area (Å²) in [6.07, 6.45) is 1.87. The Bertz CT molecular complexity index is 444. The second-order valence-corrected chi connectivity index (χ2v) is 5.47. The molecule has 0 amide bonds. The summed E-state index contributed by atoms with van der Waals surface area (Å²) in [6.45, 7) is 2.06. The van der Waals surface area contributed by atoms with E-state index in [0.29, 0.717) is 12.1 Å². The lowest BCUT2D eigenvalue weighted by molar-refractivity contribution is 0.276. The smallest absolute Gasteiger partial charge is 0.301 e. The molecule has 2 N–H and O–H groups in total. The lowest BCUT2D eigenvalue weighted by Gasteiger charge is -2.17. The third-order valence-electron chi connectivity index (χ3n) is 2.20. The van der Waals surface area contributed by atoms with Crippen LogP contribution in [-0.2, 0) is 10.2 Å². The number of aromatic nitrogens is 1. The van der Waals surface area contributed by atoms with E-state index in [1.165, 1.54) is 13.2 Å². The van der Waals surface area contributed by atoms with Crippen LogP contribution >= 0.6 is 0 Å². The summed E-state index contributed by atoms with van der Waals surface area (Å²) in [5, 5.41) is 8.65. The molecule has 0 aliphatic carbocycles. The molecule has 0 aromatic carbocycles. The van der Waals surface area contributed by atoms with Gasteiger partial charge in [-0.15, -0.1) is 0 Å². The van der Waals surface area contributed by atoms with Crippen LogP contribution in [0.2, 0.25) is 0 Å². The van der Waals surface area contributed by atoms with Gasteiger partial charge in [-0.1, -0.05) is 0 Å². The SMILES string of the molecule is Cc1ccc(NS(=O)(=O)N(C)CCCO)cn1. The van der Waals surface area contributed by atoms with Crippen LogP contribution in [0.5, 0.6) is 0 Å². The molecule has 0 aliphatic rings. The molecular weight excluding hydrogens is 242 g/mol. The van der Waals surface area contributed by atoms with Gasteiger partial charge in [-0.3, -0.25) is 9.71 Å². The molecule has 96 valence electrons. The highest BCUT2D eigenvalue weighted by molar-refractivity contribution is 7.90. The number of aliphatic hydroxyl groups excluding tert-OH is 1. The quantitative estimate of drug-likeness (QED) is 0.773. The van der Waals surface area contributed by atoms with Gasteiger partial charge in [0.15, 0.2) is 0 Å². The third-order valence-corrected chi connectivity index (χ3v) is 3.70. The summed E-state index contributed by atoms with van der Waals surface area (Å²) in [4.78, 5) is 4.00. The number of anilines is 1. The lowest BCUT2D eigenvalue weighted by Crippen LogP contribution is -2.33. The maximum atomic E-state index is 11.8. The highest BCUT2D eigenvalue weighted by Crippen LogP contribution is 2.09. The van der Waals surface area contributed by atoms with Crippen molar-refractivity contribution in [2.75, 3.05) is 24.9 Å². The predicted octanol–water partition coefficient (Wildman–Crippen LogP) is 0.361. The van der Waals surface area contributed by atoms with Crippen molar-refractivity contribution < 1.29 is 13.5 Å². The van der Waals surface area contributed by atoms with Crippen LogP contribution in [0.25, 0.3) is 0 Å². The van der Waals surface area contributed by atoms with Crippen molar-refractivity contribution in [3.8, 4) is 0 Å². The lowest BCUT2D eigenvalue weighted by atomic mass is 10.4. The van der Waals surface area contributed by atoms with Gasteiger partial charge in [-0.05, 0) is 25.5 Å². The molecule has 0 saturated heterocycles. The number of hydrogen-bond donors (Lipinski definition) is 2. The maximum Gasteiger partial charge on any atom is 0.301 e. The van der Waals surface area contributed by atoms with Crippen molar-refractivity contribution in [1.29, 1.82) is 0 Å². The molecule has 0 unspecified atom stereocenters. The minimum Gasteiger partial charge on any atom is -0.396 e. The van der Waals surface area contributed by atoms with Gasteiger partial charge in [0.2, 0.25) is 0 Å². The van der Waals surface area contributed by atoms with Gasteiger partial charge in [0.05, 0.1) is 11.9 Å². The Labute approximate surface area is 101 Å². The average molecular weight is 259 g/mol. The molecule has 1 rings (SSSR count). The topological polar surface area (TPSA) is 82.5 Å². The molecule has 0 bridgehead atoms. The van der Waals surface area contributed by atoms with E-state index in [1.807, 2.05) is 6.92 Å². The number of aliphatic hydroxyl groups is 1. The second kappa shape index (κ2) is 5.95. The fraction of sp³-hybridized carbons (Fsp3) is 0.500. The van der Waals surface area contributed by atoms with E-state index in [1.54, 1.807) is 12.1 Å². The van der Waals surface area contributed by atoms with Crippen molar-refractivity contribution >= 4 is 15.9 Å². The van der Waals surface area contributed by atoms with Gasteiger partial charge in [-0.2, -0.15) is 12.7 Å². The van der Waals surface area contributed by atoms with E-state index >= 15 is 0 Å². The van der Waals surface area contributed by atoms with Crippen LogP contribution in [-0.4, -0.2) is 43.0 Å². The second-order valence-electron chi connectivity index (χ2n) is 3.69. The summed E-state index contributed by atoms with van der Waals surface area (Å²) in [6, 6.07) is 3.38. The molecule has 1 heterocycles. The fourth-order valence-electron chi connectivity index (χ4n) is 1.17. The van der Waals surface area contributed by atoms with E-state index in [2.05, 4.69) is 9.71 Å². The van der Waals surface area contributed by atoms with Gasteiger partial charge in [0.1, 0.15) is 0 Å². The molecule has 1 aromatic heterocycles. The Hall–Kier alpha value is -1.18. The largest absolute Gasteiger partial charge is 0.396 e. The molecule has 0 atom stereocenters. The Balaban J connectivity index is 2.69. The number of pyridine rings is 1. The van der Waals surface area contributed by atoms with Crippen molar-refractivity contribution in [2.45, 2.75) is 13.3 Å². The van der Waals surface area contributed by atoms with Crippen molar-refractivity contribution in [1.82, 2.24) is 9.29 Å². The highest BCUT2D eigenvalue weighted by Gasteiger charge is 2.16. The fourth-order valence-corrected chi connectivity index (χ4v) is 2.11. The Morgan fingerprint density at radius 1 is 1.47 bits per heavy atom. The zero-order valence-electron chi connectivity index (χ0n) is 9.92. The zero-order valence-corrected chi connectivity index (χ0v) is 10.7. The third kappa shape index (κ3) is 4.29. The van der Waals surface area contributed by atoms with Gasteiger partial charge in [0, 0.05) is 25.9 Å². The molecule has 17 heavy (non-hydrogen) atoms. The van der Waals surface area contributed by atoms with Crippen LogP contribution in [0.3, 0.4) is 0 Å². The molecule has 1 aromatic rings. The molecule has 0 fully saturated rings. The average Bonchev–Trinajstić information content (AvgIpc) is 2.28. The summed E-state index contributed by atoms with van der Waals surface area (Å²) in [5.74, 6) is 0. The highest BCUT2D eigenvalue weighted by atomic mass is 32.2. The number of nitrogens with one attached hydrogen (secondary N) is 1. The molecule has 0 saturated carbocycles. The first-order chi connectivity index (χ1) is 7.95. The van der Waals surface area contributed by atoms with Crippen molar-refractivity contribution in [3.05, 3.63) is 24.0 Å². The van der Waals surface area contributed by atoms with E-state index in [9.17, 15) is 8.42 Å². The molecule has 0 aliphatic heterocycles. The first kappa shape index (κ1) is 13.9. The molecular formula is C10H17N3O3S. The number of aryl methyl sites for hydroxylation is 1. The van der Waals surface area contributed by atoms with E-state index in [4.69, 9.17) is 5.11 Å². The number of nitrogens with zero attached hydrogens (tertiary/aromatic N) is 2. The first-order valence-electron chi connectivity index (χ1n) is 5.23. The normalized spacial score (nSPS) is 11.8. The van der Waals surface area contributed by atoms with Gasteiger partial charge < -0.3 is 5.11 Å². The van der Waals surface area contributed by atoms with Crippen molar-refractivity contribution in [3.63, 3.8) is 0 Å². The minimum absolute atomic E-state index is 0.0358. The van der Waals surface area contributed by atoms with Gasteiger partial charge >= 0.3 is 10.2 Å². The zero-order chi connectivity index (χ0) is 12.9. The van der Waals surface area contributed by atoms with Gasteiger partial charge in [0.25, 0.3) is 0 Å². The Morgan fingerprint density at radius 2 is 2.18 bits per heavy atom. The van der Waals surface area contributed by atoms with E-state index < -0.39 is 10.2 Å². The van der Waals surface area contributed by atoms with Gasteiger partial charge in [-0.25, -0.2) is 0 Å². The Kier molecular flexibility index (Phi) is 4.86. The van der Waals surface area contributed by atoms with Crippen molar-refractivity contribution in [2.24, 2.45) is 0 Å². The van der Waals surface area contributed by atoms with Crippen LogP contribution < -0.4 is 4.72 Å². The molecule has 0 spiro atoms. The Morgan fingerprint density at radius 3 is 2.71 bits per heavy atom. The van der Waals surface area contributed by atoms with Crippen LogP contribution in [0.1, 0.15) is 12.1 Å². The predicted molar refractivity (Wildman–Crippen MR) is 65.8 cm³/mol. The number of rotatable bonds is 6. The molecule has 0 radical (unpaired) electrons. The first-order valence-corrected chi connectivity index (χ1v) is 6.67. The minimum atomic E-state index is -3.57. The standard InChI is InChI=1S/C10H17N3O3S/c1-9-4-5-10(8-11-9)12-17(15,16)13(2)6-3-7-14/h4-5,8,12,14H,3,6-7H2,1-2H3. The summed E-state index contributed by atoms with van der Waals surface area (Å²) in [5.41, 5.74) is 1.24. The molecule has 7 heteroatoms. The van der Waals surface area contributed by atoms with Crippen LogP contribution in [0, 0.1) is 6.92 Å². The summed E-state index contributed by atoms with van der Waals surface area (Å²) >= 11 is 0.